The first kappa shape index (κ1) is 26.0. The Hall–Kier alpha value is -3.65. The number of amides is 1. The number of anilines is 1. The summed E-state index contributed by atoms with van der Waals surface area (Å²) in [4.78, 5) is 27.4. The molecule has 8 nitrogen and oxygen atoms in total. The van der Waals surface area contributed by atoms with E-state index in [1.54, 1.807) is 17.2 Å². The van der Waals surface area contributed by atoms with Crippen molar-refractivity contribution in [2.24, 2.45) is 0 Å². The Bertz CT molecular complexity index is 1170. The number of hydrogen-bond acceptors (Lipinski definition) is 6. The van der Waals surface area contributed by atoms with Crippen LogP contribution in [-0.4, -0.2) is 62.7 Å². The molecule has 3 aromatic heterocycles. The third-order valence-electron chi connectivity index (χ3n) is 5.62. The molecule has 1 N–H and O–H groups in total. The Labute approximate surface area is 201 Å². The molecule has 1 aliphatic heterocycles. The van der Waals surface area contributed by atoms with Crippen LogP contribution in [0.25, 0.3) is 22.6 Å². The van der Waals surface area contributed by atoms with E-state index in [1.807, 2.05) is 18.4 Å². The Balaban J connectivity index is 0.00000167. The summed E-state index contributed by atoms with van der Waals surface area (Å²) in [5.74, 6) is 0.455. The first-order chi connectivity index (χ1) is 16.8. The molecule has 1 aliphatic rings. The monoisotopic (exact) mass is 488 g/mol. The molecule has 186 valence electrons. The molecule has 1 fully saturated rings. The maximum absolute atomic E-state index is 13.0. The molecular weight excluding hydrogens is 461 g/mol. The van der Waals surface area contributed by atoms with Crippen molar-refractivity contribution < 1.29 is 22.7 Å². The number of hydrogen-bond donors (Lipinski definition) is 1. The highest BCUT2D eigenvalue weighted by atomic mass is 19.4. The van der Waals surface area contributed by atoms with Crippen LogP contribution >= 0.6 is 0 Å². The fourth-order valence-corrected chi connectivity index (χ4v) is 3.88. The van der Waals surface area contributed by atoms with E-state index in [0.717, 1.165) is 6.07 Å². The number of fused-ring (bicyclic) bond motifs is 1. The predicted molar refractivity (Wildman–Crippen MR) is 126 cm³/mol. The number of halogens is 3. The van der Waals surface area contributed by atoms with Gasteiger partial charge in [-0.25, -0.2) is 9.97 Å². The number of nitrogens with one attached hydrogen (secondary N) is 1. The Morgan fingerprint density at radius 2 is 1.89 bits per heavy atom. The maximum atomic E-state index is 13.0. The largest absolute Gasteiger partial charge is 0.433 e. The smallest absolute Gasteiger partial charge is 0.378 e. The number of nitrogens with zero attached hydrogens (tertiary/aromatic N) is 5. The van der Waals surface area contributed by atoms with E-state index >= 15 is 0 Å². The molecule has 0 aliphatic carbocycles. The normalized spacial score (nSPS) is 14.8. The van der Waals surface area contributed by atoms with Crippen LogP contribution < -0.4 is 5.32 Å². The fraction of sp³-hybridized carbons (Fsp3) is 0.417. The second-order valence-corrected chi connectivity index (χ2v) is 7.68. The van der Waals surface area contributed by atoms with E-state index in [1.165, 1.54) is 12.3 Å². The molecule has 0 saturated carbocycles. The number of carbonyl (C=O) groups is 1. The molecule has 0 spiro atoms. The van der Waals surface area contributed by atoms with Crippen molar-refractivity contribution in [1.82, 2.24) is 24.4 Å². The van der Waals surface area contributed by atoms with Gasteiger partial charge in [-0.05, 0) is 31.5 Å². The van der Waals surface area contributed by atoms with Gasteiger partial charge in [0.2, 0.25) is 5.91 Å². The second kappa shape index (κ2) is 11.2. The van der Waals surface area contributed by atoms with E-state index in [4.69, 9.17) is 4.74 Å². The summed E-state index contributed by atoms with van der Waals surface area (Å²) in [5.41, 5.74) is 1.25. The second-order valence-electron chi connectivity index (χ2n) is 7.68. The zero-order valence-corrected chi connectivity index (χ0v) is 19.5. The number of imidazole rings is 1. The molecule has 35 heavy (non-hydrogen) atoms. The van der Waals surface area contributed by atoms with Gasteiger partial charge in [-0.1, -0.05) is 6.92 Å². The lowest BCUT2D eigenvalue weighted by Gasteiger charge is -2.30. The number of terminal acetylenes is 1. The van der Waals surface area contributed by atoms with Gasteiger partial charge in [0.15, 0.2) is 5.65 Å². The highest BCUT2D eigenvalue weighted by Gasteiger charge is 2.32. The molecule has 4 rings (SSSR count). The van der Waals surface area contributed by atoms with Crippen molar-refractivity contribution in [1.29, 1.82) is 0 Å². The van der Waals surface area contributed by atoms with Gasteiger partial charge in [-0.3, -0.25) is 9.78 Å². The molecule has 0 aromatic carbocycles. The van der Waals surface area contributed by atoms with Crippen LogP contribution in [0, 0.1) is 12.8 Å². The predicted octanol–water partition coefficient (Wildman–Crippen LogP) is 3.83. The Morgan fingerprint density at radius 1 is 1.17 bits per heavy atom. The highest BCUT2D eigenvalue weighted by Crippen LogP contribution is 2.31. The molecular formula is C24H27F3N6O2. The van der Waals surface area contributed by atoms with Crippen LogP contribution in [0.5, 0.6) is 0 Å². The van der Waals surface area contributed by atoms with Crippen LogP contribution in [0.4, 0.5) is 18.9 Å². The Kier molecular flexibility index (Phi) is 8.30. The lowest BCUT2D eigenvalue weighted by atomic mass is 10.1. The van der Waals surface area contributed by atoms with Crippen molar-refractivity contribution in [3.63, 3.8) is 0 Å². The fourth-order valence-electron chi connectivity index (χ4n) is 3.88. The average Bonchev–Trinajstić information content (AvgIpc) is 3.27. The van der Waals surface area contributed by atoms with Gasteiger partial charge in [-0.2, -0.15) is 13.2 Å². The van der Waals surface area contributed by atoms with E-state index in [2.05, 4.69) is 33.1 Å². The summed E-state index contributed by atoms with van der Waals surface area (Å²) in [6.07, 6.45) is 6.85. The first-order valence-electron chi connectivity index (χ1n) is 11.2. The highest BCUT2D eigenvalue weighted by molar-refractivity contribution is 5.92. The Morgan fingerprint density at radius 3 is 2.46 bits per heavy atom. The number of aromatic nitrogens is 4. The zero-order valence-electron chi connectivity index (χ0n) is 19.5. The van der Waals surface area contributed by atoms with Crippen LogP contribution in [-0.2, 0) is 22.3 Å². The molecule has 1 amide bonds. The number of carbonyl (C=O) groups excluding carboxylic acids is 1. The lowest BCUT2D eigenvalue weighted by Crippen LogP contribution is -2.47. The zero-order chi connectivity index (χ0) is 25.6. The van der Waals surface area contributed by atoms with Crippen molar-refractivity contribution in [3.05, 3.63) is 36.3 Å². The number of aryl methyl sites for hydroxylation is 1. The summed E-state index contributed by atoms with van der Waals surface area (Å²) in [6.45, 7) is 6.49. The third-order valence-corrected chi connectivity index (χ3v) is 5.62. The van der Waals surface area contributed by atoms with E-state index in [9.17, 15) is 18.0 Å². The van der Waals surface area contributed by atoms with Gasteiger partial charge in [0.05, 0.1) is 18.9 Å². The van der Waals surface area contributed by atoms with Crippen molar-refractivity contribution >= 4 is 22.8 Å². The number of pyridine rings is 2. The van der Waals surface area contributed by atoms with E-state index in [0.29, 0.717) is 67.5 Å². The van der Waals surface area contributed by atoms with Crippen LogP contribution in [0.3, 0.4) is 0 Å². The summed E-state index contributed by atoms with van der Waals surface area (Å²) >= 11 is 0. The van der Waals surface area contributed by atoms with Crippen molar-refractivity contribution in [2.75, 3.05) is 31.6 Å². The number of rotatable bonds is 6. The van der Waals surface area contributed by atoms with Gasteiger partial charge in [-0.15, -0.1) is 12.8 Å². The standard InChI is InChI=1S/C22H25F3N6O2.C2H2/c1-3-15(21(32)30-9-11-33-12-10-30)28-16-7-8-26-20-18(16)29-19(31(20)4-2)14-5-6-17(27-13-14)22(23,24)25;1-2/h5-8,13,15H,3-4,9-12H2,1-2H3,(H,26,28);1-2H/t15-;/m0./s1. The van der Waals surface area contributed by atoms with Gasteiger partial charge >= 0.3 is 6.18 Å². The van der Waals surface area contributed by atoms with Crippen LogP contribution in [0.1, 0.15) is 26.0 Å². The third kappa shape index (κ3) is 5.54. The molecule has 1 atom stereocenters. The summed E-state index contributed by atoms with van der Waals surface area (Å²) < 4.78 is 45.9. The molecule has 0 radical (unpaired) electrons. The van der Waals surface area contributed by atoms with E-state index < -0.39 is 17.9 Å². The van der Waals surface area contributed by atoms with Crippen molar-refractivity contribution in [2.45, 2.75) is 39.0 Å². The first-order valence-corrected chi connectivity index (χ1v) is 11.2. The number of ether oxygens (including phenoxy) is 1. The summed E-state index contributed by atoms with van der Waals surface area (Å²) in [5, 5.41) is 3.30. The number of alkyl halides is 3. The van der Waals surface area contributed by atoms with Crippen LogP contribution in [0.15, 0.2) is 30.6 Å². The van der Waals surface area contributed by atoms with Crippen LogP contribution in [0.2, 0.25) is 0 Å². The molecule has 1 saturated heterocycles. The van der Waals surface area contributed by atoms with Gasteiger partial charge in [0, 0.05) is 37.6 Å². The molecule has 0 bridgehead atoms. The average molecular weight is 489 g/mol. The van der Waals surface area contributed by atoms with Gasteiger partial charge in [0.1, 0.15) is 23.1 Å². The molecule has 0 unspecified atom stereocenters. The van der Waals surface area contributed by atoms with E-state index in [-0.39, 0.29) is 5.91 Å². The summed E-state index contributed by atoms with van der Waals surface area (Å²) in [7, 11) is 0. The minimum Gasteiger partial charge on any atom is -0.378 e. The molecule has 4 heterocycles. The quantitative estimate of drug-likeness (QED) is 0.531. The lowest BCUT2D eigenvalue weighted by molar-refractivity contribution is -0.141. The minimum absolute atomic E-state index is 0.00662. The number of morpholine rings is 1. The molecule has 3 aromatic rings. The van der Waals surface area contributed by atoms with Crippen molar-refractivity contribution in [3.8, 4) is 24.2 Å². The van der Waals surface area contributed by atoms with Gasteiger partial charge in [0.25, 0.3) is 0 Å². The van der Waals surface area contributed by atoms with Gasteiger partial charge < -0.3 is 19.5 Å². The maximum Gasteiger partial charge on any atom is 0.433 e. The molecule has 11 heteroatoms. The minimum atomic E-state index is -4.51. The summed E-state index contributed by atoms with van der Waals surface area (Å²) in [6, 6.07) is 3.60. The topological polar surface area (TPSA) is 85.2 Å². The SMILES string of the molecule is C#C.CC[C@H](Nc1ccnc2c1nc(-c1ccc(C(F)(F)F)nc1)n2CC)C(=O)N1CCOCC1.